The molecule has 0 aliphatic carbocycles. The van der Waals surface area contributed by atoms with E-state index in [1.54, 1.807) is 24.3 Å². The summed E-state index contributed by atoms with van der Waals surface area (Å²) >= 11 is 5.96. The van der Waals surface area contributed by atoms with Crippen molar-refractivity contribution in [3.05, 3.63) is 52.8 Å². The van der Waals surface area contributed by atoms with Gasteiger partial charge in [-0.05, 0) is 36.2 Å². The number of hydrogen-bond acceptors (Lipinski definition) is 4. The number of halogens is 2. The number of fused-ring (bicyclic) bond motifs is 1. The van der Waals surface area contributed by atoms with Crippen LogP contribution >= 0.6 is 11.6 Å². The summed E-state index contributed by atoms with van der Waals surface area (Å²) in [6.07, 6.45) is 0.495. The third-order valence-corrected chi connectivity index (χ3v) is 6.40. The van der Waals surface area contributed by atoms with E-state index in [9.17, 15) is 22.4 Å². The van der Waals surface area contributed by atoms with E-state index < -0.39 is 33.2 Å². The highest BCUT2D eigenvalue weighted by molar-refractivity contribution is 7.89. The standard InChI is InChI=1S/C18H17ClFN3O4S/c1-23(10-18(25)21-14-5-3-2-4-12(14)19)28(26,27)16-8-11-6-7-17(24)22-15(11)9-13(16)20/h2-5,8-9H,6-7,10H2,1H3,(H,21,25)(H,22,24). The molecule has 148 valence electrons. The molecule has 3 rings (SSSR count). The quantitative estimate of drug-likeness (QED) is 0.769. The van der Waals surface area contributed by atoms with Crippen LogP contribution in [0.3, 0.4) is 0 Å². The Morgan fingerprint density at radius 3 is 2.71 bits per heavy atom. The summed E-state index contributed by atoms with van der Waals surface area (Å²) in [5.41, 5.74) is 1.12. The molecule has 0 bridgehead atoms. The summed E-state index contributed by atoms with van der Waals surface area (Å²) < 4.78 is 40.7. The van der Waals surface area contributed by atoms with Crippen LogP contribution in [-0.4, -0.2) is 38.1 Å². The van der Waals surface area contributed by atoms with Crippen molar-refractivity contribution in [3.63, 3.8) is 0 Å². The number of nitrogens with one attached hydrogen (secondary N) is 2. The molecule has 2 aromatic carbocycles. The fourth-order valence-corrected chi connectivity index (χ4v) is 4.19. The van der Waals surface area contributed by atoms with Crippen LogP contribution in [0.5, 0.6) is 0 Å². The molecule has 7 nitrogen and oxygen atoms in total. The number of anilines is 2. The van der Waals surface area contributed by atoms with Crippen LogP contribution < -0.4 is 10.6 Å². The van der Waals surface area contributed by atoms with Gasteiger partial charge in [-0.2, -0.15) is 4.31 Å². The fraction of sp³-hybridized carbons (Fsp3) is 0.222. The van der Waals surface area contributed by atoms with Gasteiger partial charge in [0.15, 0.2) is 0 Å². The Labute approximate surface area is 166 Å². The summed E-state index contributed by atoms with van der Waals surface area (Å²) in [4.78, 5) is 23.1. The number of amides is 2. The van der Waals surface area contributed by atoms with E-state index in [0.717, 1.165) is 10.4 Å². The second-order valence-corrected chi connectivity index (χ2v) is 8.70. The van der Waals surface area contributed by atoms with E-state index in [1.807, 2.05) is 0 Å². The molecule has 0 aromatic heterocycles. The van der Waals surface area contributed by atoms with Crippen molar-refractivity contribution < 1.29 is 22.4 Å². The second-order valence-electron chi connectivity index (χ2n) is 6.28. The average Bonchev–Trinajstić information content (AvgIpc) is 2.62. The zero-order valence-corrected chi connectivity index (χ0v) is 16.4. The Bertz CT molecular complexity index is 1060. The molecule has 1 heterocycles. The van der Waals surface area contributed by atoms with Crippen LogP contribution in [0.25, 0.3) is 0 Å². The highest BCUT2D eigenvalue weighted by Crippen LogP contribution is 2.29. The van der Waals surface area contributed by atoms with E-state index in [0.29, 0.717) is 22.7 Å². The lowest BCUT2D eigenvalue weighted by Gasteiger charge is -2.21. The molecule has 0 saturated heterocycles. The van der Waals surface area contributed by atoms with Crippen LogP contribution in [0.4, 0.5) is 15.8 Å². The van der Waals surface area contributed by atoms with E-state index in [1.165, 1.54) is 13.1 Å². The van der Waals surface area contributed by atoms with Crippen LogP contribution in [0.2, 0.25) is 5.02 Å². The Hall–Kier alpha value is -2.49. The number of sulfonamides is 1. The zero-order valence-electron chi connectivity index (χ0n) is 14.8. The van der Waals surface area contributed by atoms with Crippen molar-refractivity contribution in [1.29, 1.82) is 0 Å². The third kappa shape index (κ3) is 4.16. The molecule has 0 atom stereocenters. The SMILES string of the molecule is CN(CC(=O)Nc1ccccc1Cl)S(=O)(=O)c1cc2c(cc1F)NC(=O)CC2. The van der Waals surface area contributed by atoms with Gasteiger partial charge in [-0.25, -0.2) is 12.8 Å². The van der Waals surface area contributed by atoms with E-state index >= 15 is 0 Å². The monoisotopic (exact) mass is 425 g/mol. The molecular formula is C18H17ClFN3O4S. The van der Waals surface area contributed by atoms with Gasteiger partial charge in [0, 0.05) is 19.2 Å². The number of carbonyl (C=O) groups is 2. The van der Waals surface area contributed by atoms with Crippen molar-refractivity contribution in [3.8, 4) is 0 Å². The number of nitrogens with zero attached hydrogens (tertiary/aromatic N) is 1. The lowest BCUT2D eigenvalue weighted by Crippen LogP contribution is -2.35. The largest absolute Gasteiger partial charge is 0.326 e. The molecule has 2 N–H and O–H groups in total. The maximum absolute atomic E-state index is 14.4. The summed E-state index contributed by atoms with van der Waals surface area (Å²) in [5, 5.41) is 5.33. The topological polar surface area (TPSA) is 95.6 Å². The molecule has 0 fully saturated rings. The molecule has 0 unspecified atom stereocenters. The van der Waals surface area contributed by atoms with Crippen LogP contribution in [0.15, 0.2) is 41.3 Å². The first-order chi connectivity index (χ1) is 13.2. The summed E-state index contributed by atoms with van der Waals surface area (Å²) in [6.45, 7) is -0.527. The van der Waals surface area contributed by atoms with Crippen molar-refractivity contribution in [2.45, 2.75) is 17.7 Å². The minimum Gasteiger partial charge on any atom is -0.326 e. The molecule has 2 amide bonds. The lowest BCUT2D eigenvalue weighted by molar-refractivity contribution is -0.117. The minimum absolute atomic E-state index is 0.189. The second kappa shape index (κ2) is 7.86. The molecule has 0 spiro atoms. The maximum atomic E-state index is 14.4. The summed E-state index contributed by atoms with van der Waals surface area (Å²) in [6, 6.07) is 8.70. The molecule has 10 heteroatoms. The Morgan fingerprint density at radius 2 is 2.00 bits per heavy atom. The molecular weight excluding hydrogens is 409 g/mol. The van der Waals surface area contributed by atoms with Crippen LogP contribution in [0, 0.1) is 5.82 Å². The summed E-state index contributed by atoms with van der Waals surface area (Å²) in [5.74, 6) is -1.88. The first-order valence-corrected chi connectivity index (χ1v) is 10.1. The van der Waals surface area contributed by atoms with Gasteiger partial charge in [0.1, 0.15) is 10.7 Å². The average molecular weight is 426 g/mol. The van der Waals surface area contributed by atoms with Gasteiger partial charge in [-0.3, -0.25) is 9.59 Å². The van der Waals surface area contributed by atoms with E-state index in [-0.39, 0.29) is 18.0 Å². The van der Waals surface area contributed by atoms with Crippen molar-refractivity contribution in [2.75, 3.05) is 24.2 Å². The molecule has 2 aromatic rings. The number of rotatable bonds is 5. The predicted octanol–water partition coefficient (Wildman–Crippen LogP) is 2.62. The van der Waals surface area contributed by atoms with E-state index in [4.69, 9.17) is 11.6 Å². The van der Waals surface area contributed by atoms with Gasteiger partial charge in [0.25, 0.3) is 0 Å². The Morgan fingerprint density at radius 1 is 1.29 bits per heavy atom. The smallest absolute Gasteiger partial charge is 0.246 e. The first kappa shape index (κ1) is 20.2. The normalized spacial score (nSPS) is 13.8. The first-order valence-electron chi connectivity index (χ1n) is 8.31. The number of hydrogen-bond donors (Lipinski definition) is 2. The Balaban J connectivity index is 1.79. The van der Waals surface area contributed by atoms with Gasteiger partial charge in [-0.1, -0.05) is 23.7 Å². The number of carbonyl (C=O) groups excluding carboxylic acids is 2. The highest BCUT2D eigenvalue weighted by Gasteiger charge is 2.29. The maximum Gasteiger partial charge on any atom is 0.246 e. The lowest BCUT2D eigenvalue weighted by atomic mass is 10.0. The molecule has 28 heavy (non-hydrogen) atoms. The van der Waals surface area contributed by atoms with Crippen molar-refractivity contribution >= 4 is 44.8 Å². The molecule has 0 radical (unpaired) electrons. The van der Waals surface area contributed by atoms with Crippen LogP contribution in [0.1, 0.15) is 12.0 Å². The predicted molar refractivity (Wildman–Crippen MR) is 103 cm³/mol. The number of para-hydroxylation sites is 1. The number of benzene rings is 2. The van der Waals surface area contributed by atoms with Crippen molar-refractivity contribution in [2.24, 2.45) is 0 Å². The Kier molecular flexibility index (Phi) is 5.69. The van der Waals surface area contributed by atoms with Gasteiger partial charge < -0.3 is 10.6 Å². The molecule has 1 aliphatic rings. The molecule has 0 saturated carbocycles. The highest BCUT2D eigenvalue weighted by atomic mass is 35.5. The number of likely N-dealkylation sites (N-methyl/N-ethyl adjacent to an activating group) is 1. The van der Waals surface area contributed by atoms with E-state index in [2.05, 4.69) is 10.6 Å². The fourth-order valence-electron chi connectivity index (χ4n) is 2.78. The summed E-state index contributed by atoms with van der Waals surface area (Å²) in [7, 11) is -3.08. The third-order valence-electron chi connectivity index (χ3n) is 4.26. The van der Waals surface area contributed by atoms with Crippen molar-refractivity contribution in [1.82, 2.24) is 4.31 Å². The molecule has 1 aliphatic heterocycles. The van der Waals surface area contributed by atoms with Crippen LogP contribution in [-0.2, 0) is 26.0 Å². The van der Waals surface area contributed by atoms with Gasteiger partial charge in [-0.15, -0.1) is 0 Å². The zero-order chi connectivity index (χ0) is 20.5. The number of aryl methyl sites for hydroxylation is 1. The van der Waals surface area contributed by atoms with Gasteiger partial charge in [0.2, 0.25) is 21.8 Å². The van der Waals surface area contributed by atoms with Gasteiger partial charge in [0.05, 0.1) is 17.3 Å². The van der Waals surface area contributed by atoms with Gasteiger partial charge >= 0.3 is 0 Å². The minimum atomic E-state index is -4.26.